The van der Waals surface area contributed by atoms with Crippen molar-refractivity contribution in [1.29, 1.82) is 0 Å². The quantitative estimate of drug-likeness (QED) is 0.750. The van der Waals surface area contributed by atoms with Crippen LogP contribution in [0.2, 0.25) is 0 Å². The minimum absolute atomic E-state index is 0.563. The number of hydrogen-bond donors (Lipinski definition) is 1. The third kappa shape index (κ3) is 3.23. The van der Waals surface area contributed by atoms with Crippen molar-refractivity contribution in [2.45, 2.75) is 19.3 Å². The van der Waals surface area contributed by atoms with E-state index in [2.05, 4.69) is 42.1 Å². The van der Waals surface area contributed by atoms with Crippen LogP contribution in [0.5, 0.6) is 0 Å². The SMILES string of the molecule is CN(CCc1cccs1)CC1(CS)CC1. The number of hydrogen-bond acceptors (Lipinski definition) is 3. The van der Waals surface area contributed by atoms with Crippen LogP contribution in [-0.4, -0.2) is 30.8 Å². The lowest BCUT2D eigenvalue weighted by atomic mass is 10.1. The lowest BCUT2D eigenvalue weighted by molar-refractivity contribution is 0.281. The highest BCUT2D eigenvalue weighted by molar-refractivity contribution is 7.80. The van der Waals surface area contributed by atoms with Crippen molar-refractivity contribution in [3.8, 4) is 0 Å². The molecule has 0 bridgehead atoms. The van der Waals surface area contributed by atoms with E-state index < -0.39 is 0 Å². The van der Waals surface area contributed by atoms with E-state index in [9.17, 15) is 0 Å². The smallest absolute Gasteiger partial charge is 0.00579 e. The molecule has 0 radical (unpaired) electrons. The zero-order chi connectivity index (χ0) is 10.7. The van der Waals surface area contributed by atoms with Crippen molar-refractivity contribution >= 4 is 24.0 Å². The Labute approximate surface area is 102 Å². The molecule has 0 saturated heterocycles. The molecular weight excluding hydrogens is 222 g/mol. The first-order valence-corrected chi connectivity index (χ1v) is 7.07. The molecule has 3 heteroatoms. The first-order chi connectivity index (χ1) is 7.24. The fourth-order valence-electron chi connectivity index (χ4n) is 1.95. The Morgan fingerprint density at radius 2 is 2.33 bits per heavy atom. The van der Waals surface area contributed by atoms with Crippen molar-refractivity contribution in [1.82, 2.24) is 4.90 Å². The maximum absolute atomic E-state index is 4.44. The maximum atomic E-state index is 4.44. The van der Waals surface area contributed by atoms with Crippen molar-refractivity contribution in [3.05, 3.63) is 22.4 Å². The van der Waals surface area contributed by atoms with Crippen LogP contribution in [0.1, 0.15) is 17.7 Å². The number of rotatable bonds is 6. The van der Waals surface area contributed by atoms with Crippen LogP contribution >= 0.6 is 24.0 Å². The van der Waals surface area contributed by atoms with Gasteiger partial charge in [-0.25, -0.2) is 0 Å². The summed E-state index contributed by atoms with van der Waals surface area (Å²) in [6, 6.07) is 4.36. The first kappa shape index (κ1) is 11.5. The molecule has 0 N–H and O–H groups in total. The standard InChI is InChI=1S/C12H19NS2/c1-13(9-12(10-14)5-6-12)7-4-11-3-2-8-15-11/h2-3,8,14H,4-7,9-10H2,1H3. The summed E-state index contributed by atoms with van der Waals surface area (Å²) in [5, 5.41) is 2.16. The molecule has 0 amide bonds. The molecule has 0 atom stereocenters. The van der Waals surface area contributed by atoms with Crippen molar-refractivity contribution in [2.24, 2.45) is 5.41 Å². The summed E-state index contributed by atoms with van der Waals surface area (Å²) in [7, 11) is 2.23. The summed E-state index contributed by atoms with van der Waals surface area (Å²) in [4.78, 5) is 3.96. The van der Waals surface area contributed by atoms with E-state index in [0.29, 0.717) is 5.41 Å². The second-order valence-corrected chi connectivity index (χ2v) is 6.07. The van der Waals surface area contributed by atoms with Gasteiger partial charge in [-0.1, -0.05) is 6.07 Å². The Balaban J connectivity index is 1.71. The number of thiol groups is 1. The lowest BCUT2D eigenvalue weighted by Gasteiger charge is -2.21. The van der Waals surface area contributed by atoms with Crippen LogP contribution < -0.4 is 0 Å². The summed E-state index contributed by atoms with van der Waals surface area (Å²) in [5.41, 5.74) is 0.563. The van der Waals surface area contributed by atoms with Gasteiger partial charge in [-0.2, -0.15) is 12.6 Å². The lowest BCUT2D eigenvalue weighted by Crippen LogP contribution is -2.29. The Morgan fingerprint density at radius 1 is 1.53 bits per heavy atom. The van der Waals surface area contributed by atoms with Crippen molar-refractivity contribution in [2.75, 3.05) is 25.9 Å². The van der Waals surface area contributed by atoms with Gasteiger partial charge < -0.3 is 4.90 Å². The van der Waals surface area contributed by atoms with Crippen molar-refractivity contribution < 1.29 is 0 Å². The average Bonchev–Trinajstić information content (AvgIpc) is 2.80. The van der Waals surface area contributed by atoms with Gasteiger partial charge in [0.25, 0.3) is 0 Å². The highest BCUT2D eigenvalue weighted by atomic mass is 32.1. The van der Waals surface area contributed by atoms with E-state index in [0.717, 1.165) is 5.75 Å². The summed E-state index contributed by atoms with van der Waals surface area (Å²) < 4.78 is 0. The first-order valence-electron chi connectivity index (χ1n) is 5.56. The van der Waals surface area contributed by atoms with Crippen LogP contribution in [0.3, 0.4) is 0 Å². The van der Waals surface area contributed by atoms with Crippen LogP contribution in [-0.2, 0) is 6.42 Å². The fourth-order valence-corrected chi connectivity index (χ4v) is 3.06. The van der Waals surface area contributed by atoms with Gasteiger partial charge in [0.1, 0.15) is 0 Å². The predicted octanol–water partition coefficient (Wildman–Crippen LogP) is 2.93. The third-order valence-electron chi connectivity index (χ3n) is 3.22. The third-order valence-corrected chi connectivity index (χ3v) is 4.82. The van der Waals surface area contributed by atoms with Gasteiger partial charge in [0.15, 0.2) is 0 Å². The zero-order valence-corrected chi connectivity index (χ0v) is 11.0. The van der Waals surface area contributed by atoms with Crippen LogP contribution in [0.15, 0.2) is 17.5 Å². The monoisotopic (exact) mass is 241 g/mol. The molecule has 1 aliphatic rings. The normalized spacial score (nSPS) is 18.3. The molecule has 1 heterocycles. The molecule has 84 valence electrons. The van der Waals surface area contributed by atoms with Crippen LogP contribution in [0.4, 0.5) is 0 Å². The molecule has 15 heavy (non-hydrogen) atoms. The molecule has 0 aromatic carbocycles. The van der Waals surface area contributed by atoms with Gasteiger partial charge in [-0.15, -0.1) is 11.3 Å². The zero-order valence-electron chi connectivity index (χ0n) is 9.28. The highest BCUT2D eigenvalue weighted by Crippen LogP contribution is 2.46. The van der Waals surface area contributed by atoms with Gasteiger partial charge in [-0.3, -0.25) is 0 Å². The topological polar surface area (TPSA) is 3.24 Å². The summed E-state index contributed by atoms with van der Waals surface area (Å²) in [6.07, 6.45) is 3.94. The van der Waals surface area contributed by atoms with Crippen LogP contribution in [0.25, 0.3) is 0 Å². The van der Waals surface area contributed by atoms with E-state index in [-0.39, 0.29) is 0 Å². The molecule has 0 unspecified atom stereocenters. The van der Waals surface area contributed by atoms with Gasteiger partial charge in [0.05, 0.1) is 0 Å². The second-order valence-electron chi connectivity index (χ2n) is 4.73. The van der Waals surface area contributed by atoms with Gasteiger partial charge in [-0.05, 0) is 48.9 Å². The Morgan fingerprint density at radius 3 is 2.87 bits per heavy atom. The highest BCUT2D eigenvalue weighted by Gasteiger charge is 2.41. The number of nitrogens with zero attached hydrogens (tertiary/aromatic N) is 1. The fraction of sp³-hybridized carbons (Fsp3) is 0.667. The average molecular weight is 241 g/mol. The minimum atomic E-state index is 0.563. The number of likely N-dealkylation sites (N-methyl/N-ethyl adjacent to an activating group) is 1. The van der Waals surface area contributed by atoms with Crippen molar-refractivity contribution in [3.63, 3.8) is 0 Å². The molecule has 1 fully saturated rings. The Hall–Kier alpha value is 0.01000. The largest absolute Gasteiger partial charge is 0.305 e. The Kier molecular flexibility index (Phi) is 3.75. The molecule has 0 spiro atoms. The molecule has 0 aliphatic heterocycles. The van der Waals surface area contributed by atoms with Gasteiger partial charge >= 0.3 is 0 Å². The van der Waals surface area contributed by atoms with Gasteiger partial charge in [0.2, 0.25) is 0 Å². The molecular formula is C12H19NS2. The summed E-state index contributed by atoms with van der Waals surface area (Å²) >= 11 is 6.30. The van der Waals surface area contributed by atoms with E-state index in [4.69, 9.17) is 0 Å². The van der Waals surface area contributed by atoms with E-state index >= 15 is 0 Å². The second kappa shape index (κ2) is 4.89. The number of thiophene rings is 1. The van der Waals surface area contributed by atoms with E-state index in [1.807, 2.05) is 11.3 Å². The predicted molar refractivity (Wildman–Crippen MR) is 71.0 cm³/mol. The van der Waals surface area contributed by atoms with E-state index in [1.54, 1.807) is 0 Å². The Bertz CT molecular complexity index is 291. The minimum Gasteiger partial charge on any atom is -0.305 e. The van der Waals surface area contributed by atoms with Crippen LogP contribution in [0, 0.1) is 5.41 Å². The summed E-state index contributed by atoms with van der Waals surface area (Å²) in [5.74, 6) is 1.05. The molecule has 1 aromatic rings. The molecule has 1 nitrogen and oxygen atoms in total. The summed E-state index contributed by atoms with van der Waals surface area (Å²) in [6.45, 7) is 2.40. The van der Waals surface area contributed by atoms with Gasteiger partial charge in [0, 0.05) is 18.0 Å². The molecule has 1 aliphatic carbocycles. The maximum Gasteiger partial charge on any atom is 0.00579 e. The molecule has 1 aromatic heterocycles. The molecule has 1 saturated carbocycles. The molecule has 2 rings (SSSR count). The van der Waals surface area contributed by atoms with E-state index in [1.165, 1.54) is 37.2 Å².